The van der Waals surface area contributed by atoms with Crippen LogP contribution in [0.5, 0.6) is 0 Å². The molecule has 2 amide bonds. The highest BCUT2D eigenvalue weighted by atomic mass is 32.1. The number of para-hydroxylation sites is 1. The normalized spacial score (nSPS) is 10.2. The number of benzene rings is 1. The van der Waals surface area contributed by atoms with E-state index >= 15 is 0 Å². The maximum Gasteiger partial charge on any atom is 0.354 e. The van der Waals surface area contributed by atoms with E-state index in [0.29, 0.717) is 5.69 Å². The van der Waals surface area contributed by atoms with E-state index in [1.807, 2.05) is 6.07 Å². The predicted molar refractivity (Wildman–Crippen MR) is 78.5 cm³/mol. The molecule has 0 saturated heterocycles. The Morgan fingerprint density at radius 2 is 2.05 bits per heavy atom. The summed E-state index contributed by atoms with van der Waals surface area (Å²) in [6, 6.07) is 8.26. The summed E-state index contributed by atoms with van der Waals surface area (Å²) in [7, 11) is 2.84. The zero-order valence-corrected chi connectivity index (χ0v) is 12.1. The zero-order valence-electron chi connectivity index (χ0n) is 11.3. The highest BCUT2D eigenvalue weighted by Gasteiger charge is 2.24. The number of urea groups is 1. The fourth-order valence-corrected chi connectivity index (χ4v) is 2.26. The molecule has 0 bridgehead atoms. The summed E-state index contributed by atoms with van der Waals surface area (Å²) in [6.07, 6.45) is 1.11. The number of nitrogens with zero attached hydrogens (tertiary/aromatic N) is 4. The van der Waals surface area contributed by atoms with Gasteiger partial charge in [-0.2, -0.15) is 5.06 Å². The van der Waals surface area contributed by atoms with E-state index in [0.717, 1.165) is 22.6 Å². The van der Waals surface area contributed by atoms with Gasteiger partial charge in [-0.3, -0.25) is 19.9 Å². The number of rotatable bonds is 4. The van der Waals surface area contributed by atoms with Gasteiger partial charge in [0.1, 0.15) is 6.20 Å². The SMILES string of the molecule is CON(C(=O)N(C)c1ncc([N+](=O)[O-])s1)c1ccccc1. The Bertz CT molecular complexity index is 646. The van der Waals surface area contributed by atoms with E-state index in [-0.39, 0.29) is 10.1 Å². The molecule has 0 spiro atoms. The van der Waals surface area contributed by atoms with Crippen molar-refractivity contribution in [2.75, 3.05) is 24.1 Å². The molecule has 1 heterocycles. The minimum atomic E-state index is -0.551. The van der Waals surface area contributed by atoms with Gasteiger partial charge < -0.3 is 0 Å². The minimum absolute atomic E-state index is 0.131. The lowest BCUT2D eigenvalue weighted by atomic mass is 10.3. The van der Waals surface area contributed by atoms with Crippen LogP contribution in [0.4, 0.5) is 20.6 Å². The number of aromatic nitrogens is 1. The van der Waals surface area contributed by atoms with Gasteiger partial charge in [-0.1, -0.05) is 18.2 Å². The number of hydrogen-bond acceptors (Lipinski definition) is 6. The summed E-state index contributed by atoms with van der Waals surface area (Å²) in [4.78, 5) is 32.6. The highest BCUT2D eigenvalue weighted by Crippen LogP contribution is 2.28. The summed E-state index contributed by atoms with van der Waals surface area (Å²) in [6.45, 7) is 0. The minimum Gasteiger partial charge on any atom is -0.271 e. The summed E-state index contributed by atoms with van der Waals surface area (Å²) >= 11 is 0.813. The third-order valence-corrected chi connectivity index (χ3v) is 3.61. The number of hydrogen-bond donors (Lipinski definition) is 0. The zero-order chi connectivity index (χ0) is 15.4. The summed E-state index contributed by atoms with van der Waals surface area (Å²) < 4.78 is 0. The first-order chi connectivity index (χ1) is 10.0. The molecule has 1 aromatic heterocycles. The molecule has 0 aliphatic rings. The molecule has 0 aliphatic carbocycles. The second kappa shape index (κ2) is 6.29. The lowest BCUT2D eigenvalue weighted by Crippen LogP contribution is -2.40. The molecule has 2 rings (SSSR count). The van der Waals surface area contributed by atoms with Crippen LogP contribution in [0, 0.1) is 10.1 Å². The first-order valence-electron chi connectivity index (χ1n) is 5.81. The molecular formula is C12H12N4O4S. The Morgan fingerprint density at radius 1 is 1.38 bits per heavy atom. The molecule has 0 fully saturated rings. The number of nitro groups is 1. The molecule has 1 aromatic carbocycles. The first-order valence-corrected chi connectivity index (χ1v) is 6.63. The van der Waals surface area contributed by atoms with Crippen molar-refractivity contribution in [3.05, 3.63) is 46.6 Å². The smallest absolute Gasteiger partial charge is 0.271 e. The van der Waals surface area contributed by atoms with Crippen molar-refractivity contribution in [1.29, 1.82) is 0 Å². The second-order valence-corrected chi connectivity index (χ2v) is 4.88. The molecule has 0 aliphatic heterocycles. The van der Waals surface area contributed by atoms with Crippen molar-refractivity contribution < 1.29 is 14.6 Å². The van der Waals surface area contributed by atoms with Gasteiger partial charge in [0.2, 0.25) is 0 Å². The summed E-state index contributed by atoms with van der Waals surface area (Å²) in [5, 5.41) is 11.8. The van der Waals surface area contributed by atoms with Crippen molar-refractivity contribution >= 4 is 33.2 Å². The average molecular weight is 308 g/mol. The molecule has 0 atom stereocenters. The average Bonchev–Trinajstić information content (AvgIpc) is 2.98. The van der Waals surface area contributed by atoms with Crippen LogP contribution in [-0.2, 0) is 4.84 Å². The second-order valence-electron chi connectivity index (χ2n) is 3.89. The van der Waals surface area contributed by atoms with E-state index in [1.54, 1.807) is 24.3 Å². The van der Waals surface area contributed by atoms with Gasteiger partial charge in [0.15, 0.2) is 5.13 Å². The van der Waals surface area contributed by atoms with Crippen LogP contribution >= 0.6 is 11.3 Å². The van der Waals surface area contributed by atoms with E-state index in [9.17, 15) is 14.9 Å². The van der Waals surface area contributed by atoms with Gasteiger partial charge in [-0.15, -0.1) is 0 Å². The van der Waals surface area contributed by atoms with E-state index < -0.39 is 11.0 Å². The fraction of sp³-hybridized carbons (Fsp3) is 0.167. The monoisotopic (exact) mass is 308 g/mol. The van der Waals surface area contributed by atoms with Crippen LogP contribution in [0.3, 0.4) is 0 Å². The topological polar surface area (TPSA) is 88.8 Å². The standard InChI is InChI=1S/C12H12N4O4S/c1-14(11-13-8-10(21-11)16(18)19)12(17)15(20-2)9-6-4-3-5-7-9/h3-8H,1-2H3. The molecule has 0 saturated carbocycles. The van der Waals surface area contributed by atoms with Crippen LogP contribution in [0.2, 0.25) is 0 Å². The van der Waals surface area contributed by atoms with Crippen molar-refractivity contribution in [2.24, 2.45) is 0 Å². The van der Waals surface area contributed by atoms with Crippen molar-refractivity contribution in [2.45, 2.75) is 0 Å². The summed E-state index contributed by atoms with van der Waals surface area (Å²) in [5.74, 6) is 0. The molecule has 110 valence electrons. The van der Waals surface area contributed by atoms with Crippen LogP contribution in [0.25, 0.3) is 0 Å². The van der Waals surface area contributed by atoms with Crippen LogP contribution in [-0.4, -0.2) is 30.1 Å². The largest absolute Gasteiger partial charge is 0.354 e. The van der Waals surface area contributed by atoms with Gasteiger partial charge in [0, 0.05) is 7.05 Å². The number of hydroxylamine groups is 1. The Labute approximate surface area is 124 Å². The Hall–Kier alpha value is -2.52. The van der Waals surface area contributed by atoms with Crippen molar-refractivity contribution in [1.82, 2.24) is 4.98 Å². The lowest BCUT2D eigenvalue weighted by Gasteiger charge is -2.24. The van der Waals surface area contributed by atoms with Crippen LogP contribution in [0.1, 0.15) is 0 Å². The fourth-order valence-electron chi connectivity index (χ4n) is 1.57. The van der Waals surface area contributed by atoms with E-state index in [1.165, 1.54) is 19.1 Å². The third kappa shape index (κ3) is 3.15. The molecule has 0 N–H and O–H groups in total. The lowest BCUT2D eigenvalue weighted by molar-refractivity contribution is -0.380. The van der Waals surface area contributed by atoms with Gasteiger partial charge in [-0.25, -0.2) is 9.78 Å². The number of amides is 2. The van der Waals surface area contributed by atoms with Gasteiger partial charge in [0.05, 0.1) is 17.7 Å². The number of thiazole rings is 1. The number of anilines is 2. The molecule has 21 heavy (non-hydrogen) atoms. The third-order valence-electron chi connectivity index (χ3n) is 2.58. The van der Waals surface area contributed by atoms with Crippen LogP contribution in [0.15, 0.2) is 36.5 Å². The number of carbonyl (C=O) groups is 1. The Morgan fingerprint density at radius 3 is 2.57 bits per heavy atom. The Balaban J connectivity index is 2.22. The maximum atomic E-state index is 12.4. The molecule has 2 aromatic rings. The van der Waals surface area contributed by atoms with E-state index in [2.05, 4.69) is 4.98 Å². The first kappa shape index (κ1) is 14.9. The van der Waals surface area contributed by atoms with Crippen LogP contribution < -0.4 is 9.96 Å². The molecule has 0 radical (unpaired) electrons. The summed E-state index contributed by atoms with van der Waals surface area (Å²) in [5.41, 5.74) is 0.544. The quantitative estimate of drug-likeness (QED) is 0.640. The predicted octanol–water partition coefficient (Wildman–Crippen LogP) is 2.68. The molecule has 9 heteroatoms. The van der Waals surface area contributed by atoms with Crippen molar-refractivity contribution in [3.63, 3.8) is 0 Å². The Kier molecular flexibility index (Phi) is 4.45. The highest BCUT2D eigenvalue weighted by molar-refractivity contribution is 7.18. The van der Waals surface area contributed by atoms with Gasteiger partial charge >= 0.3 is 11.0 Å². The van der Waals surface area contributed by atoms with Crippen molar-refractivity contribution in [3.8, 4) is 0 Å². The molecule has 8 nitrogen and oxygen atoms in total. The maximum absolute atomic E-state index is 12.4. The molecular weight excluding hydrogens is 296 g/mol. The molecule has 0 unspecified atom stereocenters. The van der Waals surface area contributed by atoms with Gasteiger partial charge in [-0.05, 0) is 23.5 Å². The van der Waals surface area contributed by atoms with Gasteiger partial charge in [0.25, 0.3) is 0 Å². The number of carbonyl (C=O) groups excluding carboxylic acids is 1. The van der Waals surface area contributed by atoms with E-state index in [4.69, 9.17) is 4.84 Å².